The lowest BCUT2D eigenvalue weighted by Gasteiger charge is -2.25. The highest BCUT2D eigenvalue weighted by Gasteiger charge is 2.35. The number of hydrogen-bond acceptors (Lipinski definition) is 7. The lowest BCUT2D eigenvalue weighted by molar-refractivity contribution is -0.132. The van der Waals surface area contributed by atoms with Crippen LogP contribution in [0.3, 0.4) is 0 Å². The molecule has 0 saturated carbocycles. The number of hydrogen-bond donors (Lipinski definition) is 0. The maximum Gasteiger partial charge on any atom is 0.308 e. The molecule has 0 N–H and O–H groups in total. The summed E-state index contributed by atoms with van der Waals surface area (Å²) in [4.78, 5) is 12.0. The van der Waals surface area contributed by atoms with Crippen LogP contribution in [0.25, 0.3) is 11.1 Å². The molecule has 1 unspecified atom stereocenters. The molecule has 0 heterocycles. The molecule has 0 radical (unpaired) electrons. The first-order chi connectivity index (χ1) is 15.4. The normalized spacial score (nSPS) is 14.7. The number of aryl methyl sites for hydroxylation is 2. The summed E-state index contributed by atoms with van der Waals surface area (Å²) in [5, 5.41) is 0. The Morgan fingerprint density at radius 3 is 2.12 bits per heavy atom. The first kappa shape index (κ1) is 23.7. The van der Waals surface area contributed by atoms with Gasteiger partial charge in [-0.3, -0.25) is 4.79 Å². The van der Waals surface area contributed by atoms with Crippen molar-refractivity contribution in [2.24, 2.45) is 0 Å². The van der Waals surface area contributed by atoms with Gasteiger partial charge in [0.1, 0.15) is 11.5 Å². The van der Waals surface area contributed by atoms with Gasteiger partial charge in [-0.2, -0.15) is 0 Å². The molecule has 3 rings (SSSR count). The molecule has 2 aromatic carbocycles. The van der Waals surface area contributed by atoms with Crippen LogP contribution in [0.2, 0.25) is 0 Å². The van der Waals surface area contributed by atoms with Gasteiger partial charge in [0, 0.05) is 30.7 Å². The number of methoxy groups -OCH3 is 5. The van der Waals surface area contributed by atoms with Crippen LogP contribution in [0.15, 0.2) is 12.1 Å². The predicted octanol–water partition coefficient (Wildman–Crippen LogP) is 4.90. The van der Waals surface area contributed by atoms with Crippen molar-refractivity contribution in [3.8, 4) is 39.9 Å². The summed E-state index contributed by atoms with van der Waals surface area (Å²) in [6, 6.07) is 3.86. The molecule has 0 aromatic heterocycles. The average molecular weight is 445 g/mol. The number of ether oxygens (including phenoxy) is 6. The molecule has 32 heavy (non-hydrogen) atoms. The minimum Gasteiger partial charge on any atom is -0.496 e. The van der Waals surface area contributed by atoms with Gasteiger partial charge in [-0.05, 0) is 42.5 Å². The molecule has 174 valence electrons. The van der Waals surface area contributed by atoms with Gasteiger partial charge >= 0.3 is 5.97 Å². The smallest absolute Gasteiger partial charge is 0.308 e. The van der Waals surface area contributed by atoms with E-state index in [1.165, 1.54) is 6.92 Å². The molecule has 0 spiro atoms. The molecule has 0 aliphatic heterocycles. The van der Waals surface area contributed by atoms with Gasteiger partial charge in [0.25, 0.3) is 0 Å². The topological polar surface area (TPSA) is 72.5 Å². The SMILES string of the molecule is CCCc1cc(OC(C)=O)c2c(c1OC)-c1c(cc(OC)c(OC)c1OC)CCC2OC. The Bertz CT molecular complexity index is 997. The summed E-state index contributed by atoms with van der Waals surface area (Å²) < 4.78 is 34.7. The molecule has 1 aliphatic carbocycles. The number of esters is 1. The van der Waals surface area contributed by atoms with E-state index in [0.29, 0.717) is 41.6 Å². The second kappa shape index (κ2) is 10.1. The maximum atomic E-state index is 12.0. The average Bonchev–Trinajstić information content (AvgIpc) is 2.94. The van der Waals surface area contributed by atoms with E-state index in [1.54, 1.807) is 35.5 Å². The fourth-order valence-corrected chi connectivity index (χ4v) is 4.55. The Morgan fingerprint density at radius 2 is 1.59 bits per heavy atom. The molecule has 1 aliphatic rings. The van der Waals surface area contributed by atoms with Crippen molar-refractivity contribution in [3.05, 3.63) is 28.8 Å². The van der Waals surface area contributed by atoms with Crippen molar-refractivity contribution in [2.45, 2.75) is 45.6 Å². The monoisotopic (exact) mass is 444 g/mol. The Morgan fingerprint density at radius 1 is 0.906 bits per heavy atom. The number of rotatable bonds is 8. The molecule has 7 nitrogen and oxygen atoms in total. The number of fused-ring (bicyclic) bond motifs is 3. The van der Waals surface area contributed by atoms with Crippen LogP contribution in [0.5, 0.6) is 28.7 Å². The maximum absolute atomic E-state index is 12.0. The molecular weight excluding hydrogens is 412 g/mol. The molecule has 7 heteroatoms. The van der Waals surface area contributed by atoms with E-state index in [0.717, 1.165) is 40.7 Å². The Hall–Kier alpha value is -2.93. The van der Waals surface area contributed by atoms with E-state index < -0.39 is 5.97 Å². The summed E-state index contributed by atoms with van der Waals surface area (Å²) in [6.07, 6.45) is 2.73. The van der Waals surface area contributed by atoms with Crippen LogP contribution in [-0.2, 0) is 22.4 Å². The van der Waals surface area contributed by atoms with Crippen LogP contribution in [-0.4, -0.2) is 41.5 Å². The van der Waals surface area contributed by atoms with Gasteiger partial charge < -0.3 is 28.4 Å². The quantitative estimate of drug-likeness (QED) is 0.424. The van der Waals surface area contributed by atoms with Crippen molar-refractivity contribution in [2.75, 3.05) is 35.5 Å². The summed E-state index contributed by atoms with van der Waals surface area (Å²) in [6.45, 7) is 3.49. The van der Waals surface area contributed by atoms with E-state index in [-0.39, 0.29) is 6.10 Å². The van der Waals surface area contributed by atoms with Gasteiger partial charge in [-0.1, -0.05) is 13.3 Å². The van der Waals surface area contributed by atoms with Crippen molar-refractivity contribution >= 4 is 5.97 Å². The fourth-order valence-electron chi connectivity index (χ4n) is 4.55. The molecule has 0 amide bonds. The zero-order valence-electron chi connectivity index (χ0n) is 19.9. The van der Waals surface area contributed by atoms with Crippen molar-refractivity contribution in [3.63, 3.8) is 0 Å². The molecule has 2 aromatic rings. The van der Waals surface area contributed by atoms with Crippen molar-refractivity contribution < 1.29 is 33.2 Å². The van der Waals surface area contributed by atoms with Crippen molar-refractivity contribution in [1.29, 1.82) is 0 Å². The first-order valence-electron chi connectivity index (χ1n) is 10.7. The van der Waals surface area contributed by atoms with Crippen LogP contribution < -0.4 is 23.7 Å². The molecule has 0 bridgehead atoms. The van der Waals surface area contributed by atoms with Gasteiger partial charge in [0.05, 0.1) is 34.5 Å². The molecular formula is C25H32O7. The lowest BCUT2D eigenvalue weighted by atomic mass is 9.89. The minimum absolute atomic E-state index is 0.307. The Labute approximate surface area is 189 Å². The van der Waals surface area contributed by atoms with E-state index in [2.05, 4.69) is 6.92 Å². The number of carbonyl (C=O) groups excluding carboxylic acids is 1. The van der Waals surface area contributed by atoms with E-state index >= 15 is 0 Å². The van der Waals surface area contributed by atoms with Crippen molar-refractivity contribution in [1.82, 2.24) is 0 Å². The fraction of sp³-hybridized carbons (Fsp3) is 0.480. The van der Waals surface area contributed by atoms with Gasteiger partial charge in [-0.15, -0.1) is 0 Å². The molecule has 1 atom stereocenters. The standard InChI is InChI=1S/C25H32O7/c1-8-9-16-13-18(32-14(2)26)21-17(27-3)11-10-15-12-19(28-4)24(30-6)25(31-7)20(15)22(21)23(16)29-5/h12-13,17H,8-11H2,1-7H3. The number of carbonyl (C=O) groups is 1. The summed E-state index contributed by atoms with van der Waals surface area (Å²) in [7, 11) is 8.10. The highest BCUT2D eigenvalue weighted by molar-refractivity contribution is 5.89. The third kappa shape index (κ3) is 4.09. The second-order valence-corrected chi connectivity index (χ2v) is 7.64. The molecule has 0 fully saturated rings. The van der Waals surface area contributed by atoms with Gasteiger partial charge in [0.2, 0.25) is 5.75 Å². The second-order valence-electron chi connectivity index (χ2n) is 7.64. The summed E-state index contributed by atoms with van der Waals surface area (Å²) in [5.74, 6) is 2.43. The lowest BCUT2D eigenvalue weighted by Crippen LogP contribution is -2.11. The highest BCUT2D eigenvalue weighted by atomic mass is 16.5. The van der Waals surface area contributed by atoms with E-state index in [1.807, 2.05) is 12.1 Å². The molecule has 0 saturated heterocycles. The number of benzene rings is 2. The van der Waals surface area contributed by atoms with E-state index in [4.69, 9.17) is 28.4 Å². The van der Waals surface area contributed by atoms with Gasteiger partial charge in [-0.25, -0.2) is 0 Å². The Kier molecular flexibility index (Phi) is 7.51. The largest absolute Gasteiger partial charge is 0.496 e. The zero-order valence-corrected chi connectivity index (χ0v) is 19.9. The third-order valence-corrected chi connectivity index (χ3v) is 5.78. The van der Waals surface area contributed by atoms with Crippen LogP contribution in [0.4, 0.5) is 0 Å². The summed E-state index contributed by atoms with van der Waals surface area (Å²) >= 11 is 0. The zero-order chi connectivity index (χ0) is 23.4. The summed E-state index contributed by atoms with van der Waals surface area (Å²) in [5.41, 5.74) is 4.36. The predicted molar refractivity (Wildman–Crippen MR) is 121 cm³/mol. The minimum atomic E-state index is -0.390. The Balaban J connectivity index is 2.53. The van der Waals surface area contributed by atoms with Crippen LogP contribution >= 0.6 is 0 Å². The van der Waals surface area contributed by atoms with Crippen LogP contribution in [0, 0.1) is 0 Å². The highest BCUT2D eigenvalue weighted by Crippen LogP contribution is 2.56. The third-order valence-electron chi connectivity index (χ3n) is 5.78. The first-order valence-corrected chi connectivity index (χ1v) is 10.7. The van der Waals surface area contributed by atoms with Gasteiger partial charge in [0.15, 0.2) is 11.5 Å². The van der Waals surface area contributed by atoms with Crippen LogP contribution in [0.1, 0.15) is 49.5 Å². The van der Waals surface area contributed by atoms with E-state index in [9.17, 15) is 4.79 Å².